The van der Waals surface area contributed by atoms with E-state index in [-0.39, 0.29) is 12.0 Å². The van der Waals surface area contributed by atoms with Gasteiger partial charge >= 0.3 is 0 Å². The maximum Gasteiger partial charge on any atom is 0.264 e. The van der Waals surface area contributed by atoms with E-state index in [1.54, 1.807) is 4.90 Å². The molecular weight excluding hydrogens is 350 g/mol. The molecule has 2 aromatic rings. The molecule has 0 saturated heterocycles. The van der Waals surface area contributed by atoms with Crippen LogP contribution in [0.3, 0.4) is 0 Å². The number of hydrogen-bond donors (Lipinski definition) is 0. The van der Waals surface area contributed by atoms with Crippen LogP contribution < -0.4 is 4.90 Å². The van der Waals surface area contributed by atoms with E-state index < -0.39 is 5.60 Å². The molecule has 0 aromatic heterocycles. The van der Waals surface area contributed by atoms with E-state index in [0.717, 1.165) is 36.1 Å². The number of carbonyl (C=O) groups is 1. The van der Waals surface area contributed by atoms with Crippen LogP contribution in [0.4, 0.5) is 5.69 Å². The molecule has 2 aromatic carbocycles. The number of ether oxygens (including phenoxy) is 2. The van der Waals surface area contributed by atoms with Crippen LogP contribution in [-0.4, -0.2) is 25.7 Å². The van der Waals surface area contributed by atoms with Gasteiger partial charge in [0.15, 0.2) is 5.60 Å². The van der Waals surface area contributed by atoms with Gasteiger partial charge in [-0.25, -0.2) is 0 Å². The first-order valence-electron chi connectivity index (χ1n) is 10.1. The zero-order valence-corrected chi connectivity index (χ0v) is 16.2. The number of amides is 1. The summed E-state index contributed by atoms with van der Waals surface area (Å²) in [5, 5.41) is 0. The maximum atomic E-state index is 13.3. The number of carbonyl (C=O) groups excluding carboxylic acids is 1. The summed E-state index contributed by atoms with van der Waals surface area (Å²) in [6, 6.07) is 18.2. The summed E-state index contributed by atoms with van der Waals surface area (Å²) < 4.78 is 12.7. The first-order chi connectivity index (χ1) is 13.7. The highest BCUT2D eigenvalue weighted by Crippen LogP contribution is 2.52. The SMILES string of the molecule is CN1C(=O)[C@@]2(CC3=C(CCC3)[C@@H](COCc3ccccc3)O2)c2ccccc21. The van der Waals surface area contributed by atoms with Gasteiger partial charge in [0.05, 0.1) is 18.9 Å². The highest BCUT2D eigenvalue weighted by molar-refractivity contribution is 6.07. The molecule has 4 heteroatoms. The van der Waals surface area contributed by atoms with Crippen LogP contribution >= 0.6 is 0 Å². The van der Waals surface area contributed by atoms with E-state index in [1.165, 1.54) is 11.1 Å². The van der Waals surface area contributed by atoms with Gasteiger partial charge in [-0.05, 0) is 36.5 Å². The highest BCUT2D eigenvalue weighted by atomic mass is 16.6. The quantitative estimate of drug-likeness (QED) is 0.746. The van der Waals surface area contributed by atoms with Gasteiger partial charge in [-0.15, -0.1) is 0 Å². The standard InChI is InChI=1S/C24H25NO3/c1-25-21-13-6-5-12-20(21)24(23(25)26)14-18-10-7-11-19(18)22(28-24)16-27-15-17-8-3-2-4-9-17/h2-6,8-9,12-13,22H,7,10-11,14-16H2,1H3/t22-,24-/m1/s1. The molecule has 1 aliphatic carbocycles. The predicted molar refractivity (Wildman–Crippen MR) is 108 cm³/mol. The summed E-state index contributed by atoms with van der Waals surface area (Å²) in [7, 11) is 1.85. The minimum Gasteiger partial charge on any atom is -0.374 e. The number of rotatable bonds is 4. The molecule has 28 heavy (non-hydrogen) atoms. The molecule has 5 rings (SSSR count). The van der Waals surface area contributed by atoms with Crippen LogP contribution in [0.15, 0.2) is 65.7 Å². The molecule has 4 nitrogen and oxygen atoms in total. The topological polar surface area (TPSA) is 38.8 Å². The first-order valence-corrected chi connectivity index (χ1v) is 10.1. The summed E-state index contributed by atoms with van der Waals surface area (Å²) in [5.74, 6) is 0.0419. The number of anilines is 1. The van der Waals surface area contributed by atoms with E-state index in [1.807, 2.05) is 49.5 Å². The van der Waals surface area contributed by atoms with Crippen molar-refractivity contribution in [3.63, 3.8) is 0 Å². The highest BCUT2D eigenvalue weighted by Gasteiger charge is 2.55. The second-order valence-electron chi connectivity index (χ2n) is 7.97. The molecule has 0 fully saturated rings. The van der Waals surface area contributed by atoms with Crippen molar-refractivity contribution in [3.05, 3.63) is 76.9 Å². The summed E-state index contributed by atoms with van der Waals surface area (Å²) in [5.41, 5.74) is 4.97. The lowest BCUT2D eigenvalue weighted by Crippen LogP contribution is -2.47. The molecular formula is C24H25NO3. The fourth-order valence-corrected chi connectivity index (χ4v) is 4.96. The average Bonchev–Trinajstić information content (AvgIpc) is 3.28. The van der Waals surface area contributed by atoms with E-state index >= 15 is 0 Å². The van der Waals surface area contributed by atoms with E-state index in [2.05, 4.69) is 12.1 Å². The van der Waals surface area contributed by atoms with Crippen molar-refractivity contribution in [2.75, 3.05) is 18.6 Å². The lowest BCUT2D eigenvalue weighted by atomic mass is 9.83. The van der Waals surface area contributed by atoms with Crippen molar-refractivity contribution < 1.29 is 14.3 Å². The molecule has 3 aliphatic rings. The number of benzene rings is 2. The molecule has 2 aliphatic heterocycles. The molecule has 1 amide bonds. The fourth-order valence-electron chi connectivity index (χ4n) is 4.96. The van der Waals surface area contributed by atoms with Crippen LogP contribution in [0.2, 0.25) is 0 Å². The monoisotopic (exact) mass is 375 g/mol. The Balaban J connectivity index is 1.43. The molecule has 0 bridgehead atoms. The summed E-state index contributed by atoms with van der Waals surface area (Å²) in [4.78, 5) is 15.1. The van der Waals surface area contributed by atoms with Gasteiger partial charge in [0.1, 0.15) is 6.10 Å². The molecule has 1 spiro atoms. The second kappa shape index (κ2) is 6.87. The lowest BCUT2D eigenvalue weighted by molar-refractivity contribution is -0.157. The molecule has 0 saturated carbocycles. The van der Waals surface area contributed by atoms with E-state index in [9.17, 15) is 4.79 Å². The fraction of sp³-hybridized carbons (Fsp3) is 0.375. The third-order valence-corrected chi connectivity index (χ3v) is 6.30. The summed E-state index contributed by atoms with van der Waals surface area (Å²) in [6.07, 6.45) is 3.78. The zero-order chi connectivity index (χ0) is 19.1. The van der Waals surface area contributed by atoms with Gasteiger partial charge in [-0.3, -0.25) is 4.79 Å². The maximum absolute atomic E-state index is 13.3. The van der Waals surface area contributed by atoms with Gasteiger partial charge in [0.2, 0.25) is 0 Å². The van der Waals surface area contributed by atoms with E-state index in [4.69, 9.17) is 9.47 Å². The van der Waals surface area contributed by atoms with Gasteiger partial charge in [0.25, 0.3) is 5.91 Å². The minimum atomic E-state index is -0.894. The van der Waals surface area contributed by atoms with Crippen molar-refractivity contribution in [3.8, 4) is 0 Å². The summed E-state index contributed by atoms with van der Waals surface area (Å²) in [6.45, 7) is 1.04. The second-order valence-corrected chi connectivity index (χ2v) is 7.97. The molecule has 2 atom stereocenters. The molecule has 0 radical (unpaired) electrons. The Morgan fingerprint density at radius 1 is 1.11 bits per heavy atom. The predicted octanol–water partition coefficient (Wildman–Crippen LogP) is 4.34. The van der Waals surface area contributed by atoms with E-state index in [0.29, 0.717) is 19.6 Å². The van der Waals surface area contributed by atoms with Crippen LogP contribution in [0.5, 0.6) is 0 Å². The van der Waals surface area contributed by atoms with Crippen molar-refractivity contribution >= 4 is 11.6 Å². The van der Waals surface area contributed by atoms with Gasteiger partial charge in [0, 0.05) is 19.0 Å². The van der Waals surface area contributed by atoms with Crippen LogP contribution in [0, 0.1) is 0 Å². The van der Waals surface area contributed by atoms with Crippen LogP contribution in [-0.2, 0) is 26.5 Å². The molecule has 0 N–H and O–H groups in total. The number of para-hydroxylation sites is 1. The van der Waals surface area contributed by atoms with Crippen molar-refractivity contribution in [1.82, 2.24) is 0 Å². The first kappa shape index (κ1) is 17.7. The Bertz CT molecular complexity index is 936. The largest absolute Gasteiger partial charge is 0.374 e. The normalized spacial score (nSPS) is 26.1. The van der Waals surface area contributed by atoms with Crippen LogP contribution in [0.1, 0.15) is 36.8 Å². The van der Waals surface area contributed by atoms with Crippen molar-refractivity contribution in [2.24, 2.45) is 0 Å². The Morgan fingerprint density at radius 3 is 2.75 bits per heavy atom. The number of likely N-dealkylation sites (N-methyl/N-ethyl adjacent to an activating group) is 1. The Labute approximate surface area is 165 Å². The molecule has 2 heterocycles. The smallest absolute Gasteiger partial charge is 0.264 e. The van der Waals surface area contributed by atoms with Gasteiger partial charge in [-0.2, -0.15) is 0 Å². The zero-order valence-electron chi connectivity index (χ0n) is 16.2. The molecule has 144 valence electrons. The van der Waals surface area contributed by atoms with Gasteiger partial charge < -0.3 is 14.4 Å². The van der Waals surface area contributed by atoms with Crippen LogP contribution in [0.25, 0.3) is 0 Å². The molecule has 0 unspecified atom stereocenters. The Kier molecular flexibility index (Phi) is 4.33. The number of fused-ring (bicyclic) bond motifs is 2. The summed E-state index contributed by atoms with van der Waals surface area (Å²) >= 11 is 0. The van der Waals surface area contributed by atoms with Crippen molar-refractivity contribution in [2.45, 2.75) is 44.0 Å². The number of nitrogens with zero attached hydrogens (tertiary/aromatic N) is 1. The minimum absolute atomic E-state index is 0.0419. The number of hydrogen-bond acceptors (Lipinski definition) is 3. The van der Waals surface area contributed by atoms with Gasteiger partial charge in [-0.1, -0.05) is 54.1 Å². The average molecular weight is 375 g/mol. The third kappa shape index (κ3) is 2.71. The third-order valence-electron chi connectivity index (χ3n) is 6.30. The van der Waals surface area contributed by atoms with Crippen molar-refractivity contribution in [1.29, 1.82) is 0 Å². The lowest BCUT2D eigenvalue weighted by Gasteiger charge is -2.38. The Hall–Kier alpha value is -2.43. The Morgan fingerprint density at radius 2 is 1.89 bits per heavy atom.